The number of aliphatic carboxylic acids is 2. The molecule has 1 rings (SSSR count). The number of nitrogens with zero attached hydrogens (tertiary/aromatic N) is 1. The van der Waals surface area contributed by atoms with E-state index in [2.05, 4.69) is 50.2 Å². The summed E-state index contributed by atoms with van der Waals surface area (Å²) in [4.78, 5) is 97.6. The van der Waals surface area contributed by atoms with Crippen molar-refractivity contribution in [2.24, 2.45) is 5.73 Å². The summed E-state index contributed by atoms with van der Waals surface area (Å²) < 4.78 is 18.5. The predicted molar refractivity (Wildman–Crippen MR) is 182 cm³/mol. The summed E-state index contributed by atoms with van der Waals surface area (Å²) >= 11 is 0. The molecule has 0 radical (unpaired) electrons. The van der Waals surface area contributed by atoms with Crippen molar-refractivity contribution in [2.45, 2.75) is 54.4 Å². The minimum absolute atomic E-state index is 0.0324. The zero-order valence-electron chi connectivity index (χ0n) is 29.6. The zero-order valence-corrected chi connectivity index (χ0v) is 29.6. The highest BCUT2D eigenvalue weighted by Gasteiger charge is 2.08. The van der Waals surface area contributed by atoms with E-state index < -0.39 is 41.7 Å². The number of rotatable bonds is 15. The molecule has 17 nitrogen and oxygen atoms in total. The van der Waals surface area contributed by atoms with E-state index in [1.165, 1.54) is 47.7 Å². The lowest BCUT2D eigenvalue weighted by molar-refractivity contribution is -0.151. The minimum Gasteiger partial charge on any atom is -0.478 e. The maximum atomic E-state index is 10.8. The molecule has 4 N–H and O–H groups in total. The highest BCUT2D eigenvalue weighted by atomic mass is 16.6. The molecule has 0 aliphatic heterocycles. The lowest BCUT2D eigenvalue weighted by Crippen LogP contribution is -2.15. The predicted octanol–water partition coefficient (Wildman–Crippen LogP) is 2.73. The molecule has 0 saturated heterocycles. The molecule has 0 bridgehead atoms. The fourth-order valence-corrected chi connectivity index (χ4v) is 1.84. The fraction of sp³-hybridized carbons (Fsp3) is 0.353. The molecule has 282 valence electrons. The van der Waals surface area contributed by atoms with Crippen LogP contribution >= 0.6 is 0 Å². The number of aromatic nitrogens is 1. The second-order valence-electron chi connectivity index (χ2n) is 9.81. The first-order valence-corrected chi connectivity index (χ1v) is 14.4. The third-order valence-electron chi connectivity index (χ3n) is 4.32. The molecule has 1 amide bonds. The van der Waals surface area contributed by atoms with Crippen molar-refractivity contribution in [3.05, 3.63) is 78.7 Å². The van der Waals surface area contributed by atoms with Crippen LogP contribution in [0.3, 0.4) is 0 Å². The third-order valence-corrected chi connectivity index (χ3v) is 4.32. The van der Waals surface area contributed by atoms with E-state index in [1.807, 2.05) is 0 Å². The Kier molecular flexibility index (Phi) is 31.4. The third kappa shape index (κ3) is 39.8. The average Bonchev–Trinajstić information content (AvgIpc) is 3.02. The van der Waals surface area contributed by atoms with Crippen LogP contribution in [0.25, 0.3) is 0 Å². The quantitative estimate of drug-likeness (QED) is 0.0772. The van der Waals surface area contributed by atoms with Crippen molar-refractivity contribution in [1.29, 1.82) is 0 Å². The molecule has 0 fully saturated rings. The number of ether oxygens (including phenoxy) is 4. The first kappa shape index (κ1) is 51.6. The molecule has 51 heavy (non-hydrogen) atoms. The van der Waals surface area contributed by atoms with Gasteiger partial charge in [0.05, 0.1) is 5.56 Å². The fourth-order valence-electron chi connectivity index (χ4n) is 1.84. The molecule has 0 aliphatic rings. The summed E-state index contributed by atoms with van der Waals surface area (Å²) in [5.41, 5.74) is 6.29. The van der Waals surface area contributed by atoms with Gasteiger partial charge in [-0.05, 0) is 53.7 Å². The summed E-state index contributed by atoms with van der Waals surface area (Å²) in [6, 6.07) is 3.29. The van der Waals surface area contributed by atoms with E-state index >= 15 is 0 Å². The molecule has 0 aliphatic carbocycles. The Labute approximate surface area is 295 Å². The maximum absolute atomic E-state index is 10.8. The SMILES string of the molecule is C=C(C)C(=O)O.C=C(C)C(=O)O.C=C(C)C(=O)OCCOC(=O)CC(C)=O.C=C(C)C(=O)OCCOC(=O)CC(C)=O.NC(=O)c1cccnc1. The molecule has 0 saturated carbocycles. The topological polar surface area (TPSA) is 270 Å². The Hall–Kier alpha value is -6.26. The van der Waals surface area contributed by atoms with Crippen LogP contribution in [-0.4, -0.2) is 94.9 Å². The van der Waals surface area contributed by atoms with E-state index in [0.717, 1.165) is 0 Å². The van der Waals surface area contributed by atoms with Gasteiger partial charge in [0.1, 0.15) is 50.8 Å². The van der Waals surface area contributed by atoms with Gasteiger partial charge in [0.25, 0.3) is 0 Å². The van der Waals surface area contributed by atoms with Crippen LogP contribution in [0.4, 0.5) is 0 Å². The molecule has 17 heteroatoms. The first-order valence-electron chi connectivity index (χ1n) is 14.4. The number of hydrogen-bond acceptors (Lipinski definition) is 14. The average molecular weight is 723 g/mol. The van der Waals surface area contributed by atoms with Crippen LogP contribution in [-0.2, 0) is 57.3 Å². The lowest BCUT2D eigenvalue weighted by Gasteiger charge is -2.05. The zero-order chi connectivity index (χ0) is 40.7. The number of Topliss-reactive ketones (excluding diaryl/α,β-unsaturated/α-hetero) is 2. The van der Waals surface area contributed by atoms with Crippen LogP contribution in [0.2, 0.25) is 0 Å². The molecular formula is C34H46N2O15. The van der Waals surface area contributed by atoms with Gasteiger partial charge in [-0.1, -0.05) is 26.3 Å². The van der Waals surface area contributed by atoms with Crippen LogP contribution in [0, 0.1) is 0 Å². The summed E-state index contributed by atoms with van der Waals surface area (Å²) in [6.07, 6.45) is 2.51. The van der Waals surface area contributed by atoms with Crippen molar-refractivity contribution in [3.8, 4) is 0 Å². The molecule has 0 unspecified atom stereocenters. The van der Waals surface area contributed by atoms with Gasteiger partial charge in [-0.2, -0.15) is 0 Å². The Morgan fingerprint density at radius 1 is 0.608 bits per heavy atom. The lowest BCUT2D eigenvalue weighted by atomic mass is 10.3. The van der Waals surface area contributed by atoms with Gasteiger partial charge in [0.15, 0.2) is 0 Å². The minimum atomic E-state index is -0.935. The smallest absolute Gasteiger partial charge is 0.333 e. The van der Waals surface area contributed by atoms with E-state index in [1.54, 1.807) is 18.3 Å². The monoisotopic (exact) mass is 722 g/mol. The number of amides is 1. The summed E-state index contributed by atoms with van der Waals surface area (Å²) in [7, 11) is 0. The number of primary amides is 1. The Bertz CT molecular complexity index is 1310. The van der Waals surface area contributed by atoms with Gasteiger partial charge >= 0.3 is 35.8 Å². The Balaban J connectivity index is -0.000000285. The molecule has 1 aromatic rings. The van der Waals surface area contributed by atoms with E-state index in [9.17, 15) is 43.2 Å². The normalized spacial score (nSPS) is 8.75. The second-order valence-corrected chi connectivity index (χ2v) is 9.81. The number of nitrogens with two attached hydrogens (primary N) is 1. The van der Waals surface area contributed by atoms with Gasteiger partial charge in [-0.25, -0.2) is 19.2 Å². The maximum Gasteiger partial charge on any atom is 0.333 e. The second kappa shape index (κ2) is 31.0. The van der Waals surface area contributed by atoms with Crippen molar-refractivity contribution in [2.75, 3.05) is 26.4 Å². The molecule has 1 aromatic heterocycles. The van der Waals surface area contributed by atoms with Gasteiger partial charge < -0.3 is 34.9 Å². The molecular weight excluding hydrogens is 676 g/mol. The summed E-state index contributed by atoms with van der Waals surface area (Å²) in [5.74, 6) is -5.14. The van der Waals surface area contributed by atoms with E-state index in [0.29, 0.717) is 5.56 Å². The van der Waals surface area contributed by atoms with Gasteiger partial charge in [0.2, 0.25) is 5.91 Å². The molecule has 0 atom stereocenters. The number of ketones is 2. The van der Waals surface area contributed by atoms with Crippen molar-refractivity contribution in [3.63, 3.8) is 0 Å². The number of carboxylic acids is 2. The standard InChI is InChI=1S/2C10H14O5.C6H6N2O.2C4H6O2/c2*1-7(2)10(13)15-5-4-14-9(12)6-8(3)11;7-6(9)5-2-1-3-8-4-5;2*1-3(2)4(5)6/h2*1,4-6H2,2-3H3;1-4H,(H2,7,9);2*1H2,2H3,(H,5,6). The molecule has 0 aromatic carbocycles. The van der Waals surface area contributed by atoms with Crippen LogP contribution in [0.5, 0.6) is 0 Å². The summed E-state index contributed by atoms with van der Waals surface area (Å²) in [5, 5.41) is 15.8. The molecule has 0 spiro atoms. The van der Waals surface area contributed by atoms with Crippen molar-refractivity contribution >= 4 is 53.3 Å². The van der Waals surface area contributed by atoms with Crippen LogP contribution in [0.1, 0.15) is 64.7 Å². The van der Waals surface area contributed by atoms with Crippen LogP contribution in [0.15, 0.2) is 73.1 Å². The number of hydrogen-bond donors (Lipinski definition) is 3. The highest BCUT2D eigenvalue weighted by molar-refractivity contribution is 5.94. The van der Waals surface area contributed by atoms with Gasteiger partial charge in [-0.15, -0.1) is 0 Å². The van der Waals surface area contributed by atoms with Crippen LogP contribution < -0.4 is 5.73 Å². The number of pyridine rings is 1. The number of carboxylic acid groups (broad SMARTS) is 2. The van der Waals surface area contributed by atoms with Crippen molar-refractivity contribution in [1.82, 2.24) is 4.98 Å². The van der Waals surface area contributed by atoms with Crippen molar-refractivity contribution < 1.29 is 72.3 Å². The molecule has 1 heterocycles. The Morgan fingerprint density at radius 3 is 1.12 bits per heavy atom. The first-order chi connectivity index (χ1) is 23.5. The Morgan fingerprint density at radius 2 is 0.922 bits per heavy atom. The van der Waals surface area contributed by atoms with E-state index in [-0.39, 0.29) is 73.1 Å². The number of esters is 4. The largest absolute Gasteiger partial charge is 0.478 e. The number of carbonyl (C=O) groups is 9. The summed E-state index contributed by atoms with van der Waals surface area (Å²) in [6.45, 7) is 21.4. The van der Waals surface area contributed by atoms with Gasteiger partial charge in [-0.3, -0.25) is 29.0 Å². The van der Waals surface area contributed by atoms with Gasteiger partial charge in [0, 0.05) is 34.7 Å². The number of carbonyl (C=O) groups excluding carboxylic acids is 7. The van der Waals surface area contributed by atoms with E-state index in [4.69, 9.17) is 15.9 Å². The highest BCUT2D eigenvalue weighted by Crippen LogP contribution is 1.95.